The summed E-state index contributed by atoms with van der Waals surface area (Å²) < 4.78 is 1.72. The first-order chi connectivity index (χ1) is 14.5. The molecule has 0 fully saturated rings. The van der Waals surface area contributed by atoms with Crippen LogP contribution in [0.25, 0.3) is 5.65 Å². The average molecular weight is 395 g/mol. The number of hydrogen-bond acceptors (Lipinski definition) is 4. The normalized spacial score (nSPS) is 12.6. The topological polar surface area (TPSA) is 80.5 Å². The van der Waals surface area contributed by atoms with Gasteiger partial charge in [0.05, 0.1) is 16.9 Å². The lowest BCUT2D eigenvalue weighted by molar-refractivity contribution is 0.0978. The Morgan fingerprint density at radius 3 is 2.37 bits per heavy atom. The minimum Gasteiger partial charge on any atom is -0.320 e. The zero-order valence-electron chi connectivity index (χ0n) is 16.4. The Bertz CT molecular complexity index is 1400. The third-order valence-electron chi connectivity index (χ3n) is 5.37. The molecule has 2 aromatic carbocycles. The summed E-state index contributed by atoms with van der Waals surface area (Å²) in [6.45, 7) is 3.73. The minimum atomic E-state index is -0.392. The minimum absolute atomic E-state index is 0.219. The van der Waals surface area contributed by atoms with Gasteiger partial charge in [-0.05, 0) is 37.6 Å². The van der Waals surface area contributed by atoms with Crippen molar-refractivity contribution in [3.63, 3.8) is 0 Å². The van der Waals surface area contributed by atoms with Crippen LogP contribution in [0.1, 0.15) is 53.6 Å². The molecule has 2 heterocycles. The first kappa shape index (κ1) is 18.0. The van der Waals surface area contributed by atoms with Crippen LogP contribution >= 0.6 is 0 Å². The number of pyridine rings is 1. The third-order valence-corrected chi connectivity index (χ3v) is 5.37. The van der Waals surface area contributed by atoms with Gasteiger partial charge in [-0.15, -0.1) is 0 Å². The summed E-state index contributed by atoms with van der Waals surface area (Å²) in [5.41, 5.74) is 4.23. The molecule has 0 saturated heterocycles. The molecule has 2 aromatic heterocycles. The average Bonchev–Trinajstić information content (AvgIpc) is 3.06. The fourth-order valence-corrected chi connectivity index (χ4v) is 3.97. The number of carbonyl (C=O) groups is 3. The molecular formula is C24H17N3O3. The second kappa shape index (κ2) is 6.49. The quantitative estimate of drug-likeness (QED) is 0.490. The molecule has 5 rings (SSSR count). The van der Waals surface area contributed by atoms with Gasteiger partial charge in [0, 0.05) is 22.9 Å². The van der Waals surface area contributed by atoms with E-state index < -0.39 is 5.91 Å². The molecule has 0 bridgehead atoms. The molecule has 1 N–H and O–H groups in total. The van der Waals surface area contributed by atoms with Gasteiger partial charge in [-0.3, -0.25) is 18.8 Å². The van der Waals surface area contributed by atoms with Crippen molar-refractivity contribution >= 4 is 28.8 Å². The third kappa shape index (κ3) is 2.58. The highest BCUT2D eigenvalue weighted by atomic mass is 16.2. The van der Waals surface area contributed by atoms with Gasteiger partial charge in [-0.25, -0.2) is 4.98 Å². The van der Waals surface area contributed by atoms with E-state index in [0.717, 1.165) is 5.56 Å². The molecular weight excluding hydrogens is 378 g/mol. The number of ketones is 2. The van der Waals surface area contributed by atoms with E-state index in [0.29, 0.717) is 39.4 Å². The highest BCUT2D eigenvalue weighted by molar-refractivity contribution is 6.30. The molecule has 6 heteroatoms. The van der Waals surface area contributed by atoms with Crippen molar-refractivity contribution in [2.24, 2.45) is 0 Å². The van der Waals surface area contributed by atoms with E-state index in [4.69, 9.17) is 0 Å². The molecule has 0 aliphatic heterocycles. The SMILES string of the molecule is Cc1ccn2c(C(=O)Nc3cccc4c3C(=O)c3ccccc3C4=O)c(C)nc2c1. The summed E-state index contributed by atoms with van der Waals surface area (Å²) in [4.78, 5) is 43.6. The van der Waals surface area contributed by atoms with Crippen molar-refractivity contribution in [1.29, 1.82) is 0 Å². The fraction of sp³-hybridized carbons (Fsp3) is 0.0833. The Kier molecular flexibility index (Phi) is 3.89. The van der Waals surface area contributed by atoms with Crippen molar-refractivity contribution in [3.8, 4) is 0 Å². The Labute approximate surface area is 172 Å². The molecule has 30 heavy (non-hydrogen) atoms. The van der Waals surface area contributed by atoms with Crippen LogP contribution in [0.15, 0.2) is 60.8 Å². The Morgan fingerprint density at radius 1 is 0.900 bits per heavy atom. The van der Waals surface area contributed by atoms with Gasteiger partial charge in [0.25, 0.3) is 5.91 Å². The van der Waals surface area contributed by atoms with E-state index in [1.165, 1.54) is 0 Å². The fourth-order valence-electron chi connectivity index (χ4n) is 3.97. The van der Waals surface area contributed by atoms with E-state index in [9.17, 15) is 14.4 Å². The lowest BCUT2D eigenvalue weighted by Crippen LogP contribution is -2.24. The first-order valence-electron chi connectivity index (χ1n) is 9.54. The number of imidazole rings is 1. The maximum absolute atomic E-state index is 13.1. The zero-order valence-corrected chi connectivity index (χ0v) is 16.4. The standard InChI is InChI=1S/C24H17N3O3/c1-13-10-11-27-19(12-13)25-14(2)21(27)24(30)26-18-9-5-8-17-20(18)23(29)16-7-4-3-6-15(16)22(17)28/h3-12H,1-2H3,(H,26,30). The molecule has 0 saturated carbocycles. The molecule has 0 atom stereocenters. The summed E-state index contributed by atoms with van der Waals surface area (Å²) in [7, 11) is 0. The number of nitrogens with one attached hydrogen (secondary N) is 1. The predicted octanol–water partition coefficient (Wildman–Crippen LogP) is 3.98. The van der Waals surface area contributed by atoms with Gasteiger partial charge >= 0.3 is 0 Å². The highest BCUT2D eigenvalue weighted by Gasteiger charge is 2.32. The lowest BCUT2D eigenvalue weighted by Gasteiger charge is -2.20. The van der Waals surface area contributed by atoms with E-state index in [-0.39, 0.29) is 17.1 Å². The smallest absolute Gasteiger partial charge is 0.274 e. The van der Waals surface area contributed by atoms with Crippen LogP contribution < -0.4 is 5.32 Å². The number of nitrogens with zero attached hydrogens (tertiary/aromatic N) is 2. The number of carbonyl (C=O) groups excluding carboxylic acids is 3. The van der Waals surface area contributed by atoms with E-state index in [1.807, 2.05) is 19.1 Å². The highest BCUT2D eigenvalue weighted by Crippen LogP contribution is 2.32. The summed E-state index contributed by atoms with van der Waals surface area (Å²) in [5, 5.41) is 2.83. The number of rotatable bonds is 2. The van der Waals surface area contributed by atoms with Crippen LogP contribution in [0.5, 0.6) is 0 Å². The second-order valence-electron chi connectivity index (χ2n) is 7.36. The number of aromatic nitrogens is 2. The van der Waals surface area contributed by atoms with E-state index in [2.05, 4.69) is 10.3 Å². The summed E-state index contributed by atoms with van der Waals surface area (Å²) >= 11 is 0. The van der Waals surface area contributed by atoms with Gasteiger partial charge in [-0.1, -0.05) is 36.4 Å². The Morgan fingerprint density at radius 2 is 1.60 bits per heavy atom. The van der Waals surface area contributed by atoms with Crippen LogP contribution in [0, 0.1) is 13.8 Å². The predicted molar refractivity (Wildman–Crippen MR) is 112 cm³/mol. The molecule has 0 radical (unpaired) electrons. The van der Waals surface area contributed by atoms with E-state index in [1.54, 1.807) is 60.0 Å². The van der Waals surface area contributed by atoms with Gasteiger partial charge in [0.1, 0.15) is 11.3 Å². The van der Waals surface area contributed by atoms with Gasteiger partial charge in [0.2, 0.25) is 0 Å². The number of amides is 1. The largest absolute Gasteiger partial charge is 0.320 e. The lowest BCUT2D eigenvalue weighted by atomic mass is 9.83. The number of fused-ring (bicyclic) bond motifs is 3. The number of aryl methyl sites for hydroxylation is 2. The van der Waals surface area contributed by atoms with Crippen molar-refractivity contribution in [1.82, 2.24) is 9.38 Å². The van der Waals surface area contributed by atoms with Gasteiger partial charge < -0.3 is 5.32 Å². The van der Waals surface area contributed by atoms with Crippen LogP contribution in [-0.2, 0) is 0 Å². The van der Waals surface area contributed by atoms with Gasteiger partial charge in [0.15, 0.2) is 11.6 Å². The molecule has 4 aromatic rings. The Hall–Kier alpha value is -4.06. The maximum atomic E-state index is 13.1. The molecule has 0 unspecified atom stereocenters. The molecule has 146 valence electrons. The van der Waals surface area contributed by atoms with Crippen LogP contribution in [0.3, 0.4) is 0 Å². The molecule has 0 spiro atoms. The molecule has 1 aliphatic rings. The molecule has 1 amide bonds. The number of hydrogen-bond donors (Lipinski definition) is 1. The number of anilines is 1. The van der Waals surface area contributed by atoms with Crippen molar-refractivity contribution < 1.29 is 14.4 Å². The van der Waals surface area contributed by atoms with Crippen LogP contribution in [0.4, 0.5) is 5.69 Å². The molecule has 1 aliphatic carbocycles. The van der Waals surface area contributed by atoms with Crippen LogP contribution in [-0.4, -0.2) is 26.9 Å². The van der Waals surface area contributed by atoms with Crippen molar-refractivity contribution in [2.45, 2.75) is 13.8 Å². The maximum Gasteiger partial charge on any atom is 0.274 e. The summed E-state index contributed by atoms with van der Waals surface area (Å²) in [6.07, 6.45) is 1.80. The second-order valence-corrected chi connectivity index (χ2v) is 7.36. The molecule has 6 nitrogen and oxygen atoms in total. The van der Waals surface area contributed by atoms with Gasteiger partial charge in [-0.2, -0.15) is 0 Å². The van der Waals surface area contributed by atoms with E-state index >= 15 is 0 Å². The number of benzene rings is 2. The zero-order chi connectivity index (χ0) is 21.0. The monoisotopic (exact) mass is 395 g/mol. The first-order valence-corrected chi connectivity index (χ1v) is 9.54. The summed E-state index contributed by atoms with van der Waals surface area (Å²) in [6, 6.07) is 15.4. The van der Waals surface area contributed by atoms with Crippen LogP contribution in [0.2, 0.25) is 0 Å². The summed E-state index contributed by atoms with van der Waals surface area (Å²) in [5.74, 6) is -0.893. The van der Waals surface area contributed by atoms with Crippen molar-refractivity contribution in [3.05, 3.63) is 100.0 Å². The Balaban J connectivity index is 1.59. The van der Waals surface area contributed by atoms with Crippen molar-refractivity contribution in [2.75, 3.05) is 5.32 Å².